The molecule has 2 aromatic carbocycles. The van der Waals surface area contributed by atoms with E-state index in [1.165, 1.54) is 4.90 Å². The summed E-state index contributed by atoms with van der Waals surface area (Å²) in [6.07, 6.45) is 0.970. The summed E-state index contributed by atoms with van der Waals surface area (Å²) >= 11 is 0. The summed E-state index contributed by atoms with van der Waals surface area (Å²) < 4.78 is 0. The van der Waals surface area contributed by atoms with Crippen LogP contribution in [0.25, 0.3) is 0 Å². The molecule has 0 fully saturated rings. The van der Waals surface area contributed by atoms with Gasteiger partial charge < -0.3 is 0 Å². The number of carbonyl (C=O) groups is 2. The lowest BCUT2D eigenvalue weighted by Crippen LogP contribution is -2.36. The minimum Gasteiger partial charge on any atom is -0.274 e. The van der Waals surface area contributed by atoms with Crippen LogP contribution < -0.4 is 4.90 Å². The number of nitrogens with zero attached hydrogens (tertiary/aromatic N) is 1. The van der Waals surface area contributed by atoms with Crippen molar-refractivity contribution in [1.29, 1.82) is 0 Å². The van der Waals surface area contributed by atoms with Gasteiger partial charge in [0.15, 0.2) is 0 Å². The van der Waals surface area contributed by atoms with Crippen LogP contribution in [0.5, 0.6) is 0 Å². The van der Waals surface area contributed by atoms with Crippen LogP contribution in [0.2, 0.25) is 0 Å². The first-order valence-corrected chi connectivity index (χ1v) is 7.11. The molecule has 0 unspecified atom stereocenters. The molecule has 21 heavy (non-hydrogen) atoms. The maximum absolute atomic E-state index is 12.8. The molecule has 106 valence electrons. The molecule has 0 aliphatic carbocycles. The molecule has 2 aromatic rings. The topological polar surface area (TPSA) is 37.4 Å². The SMILES string of the molecule is Cc1cccc(N2C(=O)CCc3ccccc3C2=O)c1C. The van der Waals surface area contributed by atoms with Crippen molar-refractivity contribution in [2.24, 2.45) is 0 Å². The number of carbonyl (C=O) groups excluding carboxylic acids is 2. The fraction of sp³-hybridized carbons (Fsp3) is 0.222. The molecule has 3 rings (SSSR count). The van der Waals surface area contributed by atoms with E-state index in [0.29, 0.717) is 24.1 Å². The van der Waals surface area contributed by atoms with Crippen LogP contribution in [0.1, 0.15) is 33.5 Å². The van der Waals surface area contributed by atoms with Gasteiger partial charge in [0.25, 0.3) is 5.91 Å². The van der Waals surface area contributed by atoms with E-state index in [1.54, 1.807) is 6.07 Å². The van der Waals surface area contributed by atoms with Gasteiger partial charge >= 0.3 is 0 Å². The van der Waals surface area contributed by atoms with E-state index in [0.717, 1.165) is 16.7 Å². The highest BCUT2D eigenvalue weighted by Gasteiger charge is 2.30. The van der Waals surface area contributed by atoms with E-state index in [-0.39, 0.29) is 11.8 Å². The average Bonchev–Trinajstić information content (AvgIpc) is 2.61. The molecule has 1 aliphatic rings. The third-order valence-electron chi connectivity index (χ3n) is 4.13. The van der Waals surface area contributed by atoms with Crippen LogP contribution in [0, 0.1) is 13.8 Å². The maximum Gasteiger partial charge on any atom is 0.265 e. The van der Waals surface area contributed by atoms with E-state index >= 15 is 0 Å². The normalized spacial score (nSPS) is 14.9. The Balaban J connectivity index is 2.15. The molecule has 1 aliphatic heterocycles. The summed E-state index contributed by atoms with van der Waals surface area (Å²) in [7, 11) is 0. The van der Waals surface area contributed by atoms with Gasteiger partial charge in [-0.2, -0.15) is 0 Å². The second-order valence-corrected chi connectivity index (χ2v) is 5.41. The number of imide groups is 1. The molecule has 0 saturated heterocycles. The fourth-order valence-corrected chi connectivity index (χ4v) is 2.76. The Morgan fingerprint density at radius 3 is 2.48 bits per heavy atom. The Morgan fingerprint density at radius 2 is 1.67 bits per heavy atom. The first kappa shape index (κ1) is 13.6. The van der Waals surface area contributed by atoms with Crippen molar-refractivity contribution in [1.82, 2.24) is 0 Å². The van der Waals surface area contributed by atoms with Gasteiger partial charge in [-0.3, -0.25) is 9.59 Å². The first-order chi connectivity index (χ1) is 10.1. The quantitative estimate of drug-likeness (QED) is 0.750. The number of aryl methyl sites for hydroxylation is 2. The van der Waals surface area contributed by atoms with Gasteiger partial charge in [-0.15, -0.1) is 0 Å². The Morgan fingerprint density at radius 1 is 0.905 bits per heavy atom. The van der Waals surface area contributed by atoms with E-state index in [1.807, 2.05) is 50.2 Å². The molecule has 2 amide bonds. The van der Waals surface area contributed by atoms with Crippen molar-refractivity contribution < 1.29 is 9.59 Å². The molecular formula is C18H17NO2. The highest BCUT2D eigenvalue weighted by molar-refractivity contribution is 6.22. The van der Waals surface area contributed by atoms with Crippen LogP contribution in [-0.2, 0) is 11.2 Å². The summed E-state index contributed by atoms with van der Waals surface area (Å²) in [6.45, 7) is 3.93. The summed E-state index contributed by atoms with van der Waals surface area (Å²) in [5, 5.41) is 0. The largest absolute Gasteiger partial charge is 0.274 e. The summed E-state index contributed by atoms with van der Waals surface area (Å²) in [4.78, 5) is 26.6. The van der Waals surface area contributed by atoms with Crippen molar-refractivity contribution in [3.8, 4) is 0 Å². The number of amides is 2. The molecule has 3 nitrogen and oxygen atoms in total. The Bertz CT molecular complexity index is 734. The Kier molecular flexibility index (Phi) is 3.34. The minimum absolute atomic E-state index is 0.134. The molecule has 1 heterocycles. The third-order valence-corrected chi connectivity index (χ3v) is 4.13. The van der Waals surface area contributed by atoms with Crippen molar-refractivity contribution >= 4 is 17.5 Å². The first-order valence-electron chi connectivity index (χ1n) is 7.11. The monoisotopic (exact) mass is 279 g/mol. The lowest BCUT2D eigenvalue weighted by molar-refractivity contribution is -0.117. The predicted octanol–water partition coefficient (Wildman–Crippen LogP) is 3.42. The molecule has 0 bridgehead atoms. The molecule has 0 atom stereocenters. The maximum atomic E-state index is 12.8. The molecule has 3 heteroatoms. The predicted molar refractivity (Wildman–Crippen MR) is 82.5 cm³/mol. The summed E-state index contributed by atoms with van der Waals surface area (Å²) in [5.41, 5.74) is 4.32. The van der Waals surface area contributed by atoms with Crippen molar-refractivity contribution in [2.75, 3.05) is 4.90 Å². The van der Waals surface area contributed by atoms with Crippen LogP contribution in [0.3, 0.4) is 0 Å². The number of hydrogen-bond acceptors (Lipinski definition) is 2. The van der Waals surface area contributed by atoms with E-state index in [4.69, 9.17) is 0 Å². The zero-order chi connectivity index (χ0) is 15.0. The number of anilines is 1. The minimum atomic E-state index is -0.221. The van der Waals surface area contributed by atoms with Gasteiger partial charge in [0.2, 0.25) is 5.91 Å². The van der Waals surface area contributed by atoms with Gasteiger partial charge in [0, 0.05) is 12.0 Å². The smallest absolute Gasteiger partial charge is 0.265 e. The Labute approximate surface area is 124 Å². The van der Waals surface area contributed by atoms with Crippen LogP contribution in [0.15, 0.2) is 42.5 Å². The highest BCUT2D eigenvalue weighted by atomic mass is 16.2. The van der Waals surface area contributed by atoms with E-state index in [9.17, 15) is 9.59 Å². The van der Waals surface area contributed by atoms with Gasteiger partial charge in [-0.05, 0) is 49.1 Å². The number of hydrogen-bond donors (Lipinski definition) is 0. The van der Waals surface area contributed by atoms with Crippen LogP contribution in [-0.4, -0.2) is 11.8 Å². The van der Waals surface area contributed by atoms with Crippen molar-refractivity contribution in [3.63, 3.8) is 0 Å². The van der Waals surface area contributed by atoms with Gasteiger partial charge in [0.05, 0.1) is 5.69 Å². The molecule has 0 aromatic heterocycles. The van der Waals surface area contributed by atoms with Crippen LogP contribution in [0.4, 0.5) is 5.69 Å². The standard InChI is InChI=1S/C18H17NO2/c1-12-6-5-9-16(13(12)2)19-17(20)11-10-14-7-3-4-8-15(14)18(19)21/h3-9H,10-11H2,1-2H3. The van der Waals surface area contributed by atoms with Gasteiger partial charge in [-0.1, -0.05) is 30.3 Å². The number of rotatable bonds is 1. The summed E-state index contributed by atoms with van der Waals surface area (Å²) in [5.74, 6) is -0.355. The highest BCUT2D eigenvalue weighted by Crippen LogP contribution is 2.28. The second-order valence-electron chi connectivity index (χ2n) is 5.41. The lowest BCUT2D eigenvalue weighted by Gasteiger charge is -2.22. The molecule has 0 radical (unpaired) electrons. The zero-order valence-electron chi connectivity index (χ0n) is 12.2. The van der Waals surface area contributed by atoms with Gasteiger partial charge in [0.1, 0.15) is 0 Å². The van der Waals surface area contributed by atoms with Crippen molar-refractivity contribution in [3.05, 3.63) is 64.7 Å². The average molecular weight is 279 g/mol. The van der Waals surface area contributed by atoms with Crippen molar-refractivity contribution in [2.45, 2.75) is 26.7 Å². The second kappa shape index (κ2) is 5.17. The molecule has 0 saturated carbocycles. The number of benzene rings is 2. The van der Waals surface area contributed by atoms with E-state index in [2.05, 4.69) is 0 Å². The fourth-order valence-electron chi connectivity index (χ4n) is 2.76. The number of fused-ring (bicyclic) bond motifs is 1. The van der Waals surface area contributed by atoms with Gasteiger partial charge in [-0.25, -0.2) is 4.90 Å². The third kappa shape index (κ3) is 2.25. The van der Waals surface area contributed by atoms with E-state index < -0.39 is 0 Å². The lowest BCUT2D eigenvalue weighted by atomic mass is 10.0. The van der Waals surface area contributed by atoms with Crippen LogP contribution >= 0.6 is 0 Å². The summed E-state index contributed by atoms with van der Waals surface area (Å²) in [6, 6.07) is 13.2. The Hall–Kier alpha value is -2.42. The molecular weight excluding hydrogens is 262 g/mol. The molecule has 0 spiro atoms. The molecule has 0 N–H and O–H groups in total. The zero-order valence-corrected chi connectivity index (χ0v) is 12.2.